The molecule has 100 valence electrons. The Morgan fingerprint density at radius 2 is 1.50 bits per heavy atom. The Bertz CT molecular complexity index is 406. The highest BCUT2D eigenvalue weighted by Crippen LogP contribution is 2.28. The average Bonchev–Trinajstić information content (AvgIpc) is 2.38. The summed E-state index contributed by atoms with van der Waals surface area (Å²) in [4.78, 5) is 2.46. The van der Waals surface area contributed by atoms with Crippen molar-refractivity contribution >= 4 is 0 Å². The van der Waals surface area contributed by atoms with E-state index in [9.17, 15) is 17.6 Å². The number of hydrogen-bond acceptors (Lipinski definition) is 2. The first-order valence-electron chi connectivity index (χ1n) is 5.92. The minimum Gasteiger partial charge on any atom is -0.487 e. The van der Waals surface area contributed by atoms with Crippen LogP contribution in [0.15, 0.2) is 0 Å². The average molecular weight is 263 g/mol. The Labute approximate surface area is 102 Å². The predicted molar refractivity (Wildman–Crippen MR) is 56.1 cm³/mol. The number of halogens is 4. The Hall–Kier alpha value is -1.33. The maximum Gasteiger partial charge on any atom is 0.255 e. The summed E-state index contributed by atoms with van der Waals surface area (Å²) in [6.07, 6.45) is 5.02. The maximum absolute atomic E-state index is 13.2. The third kappa shape index (κ3) is 2.73. The largest absolute Gasteiger partial charge is 0.487 e. The Kier molecular flexibility index (Phi) is 4.04. The fourth-order valence-corrected chi connectivity index (χ4v) is 2.15. The van der Waals surface area contributed by atoms with Crippen LogP contribution < -0.4 is 4.74 Å². The molecule has 0 bridgehead atoms. The molecule has 2 rings (SSSR count). The Morgan fingerprint density at radius 1 is 0.944 bits per heavy atom. The summed E-state index contributed by atoms with van der Waals surface area (Å²) in [7, 11) is 0. The van der Waals surface area contributed by atoms with Crippen LogP contribution in [0.25, 0.3) is 0 Å². The Balaban J connectivity index is 2.08. The highest BCUT2D eigenvalue weighted by atomic mass is 19.2. The van der Waals surface area contributed by atoms with Crippen LogP contribution in [0.2, 0.25) is 0 Å². The maximum atomic E-state index is 13.2. The minimum absolute atomic E-state index is 0.0662. The van der Waals surface area contributed by atoms with E-state index in [0.717, 1.165) is 32.1 Å². The number of hydrogen-bond donors (Lipinski definition) is 0. The van der Waals surface area contributed by atoms with Gasteiger partial charge in [-0.1, -0.05) is 19.3 Å². The molecule has 0 saturated heterocycles. The Morgan fingerprint density at radius 3 is 2.06 bits per heavy atom. The van der Waals surface area contributed by atoms with Crippen LogP contribution in [-0.2, 0) is 0 Å². The molecular formula is C12H13F4NO. The fraction of sp³-hybridized carbons (Fsp3) is 0.583. The predicted octanol–water partition coefficient (Wildman–Crippen LogP) is 3.60. The van der Waals surface area contributed by atoms with Crippen LogP contribution in [-0.4, -0.2) is 11.6 Å². The summed E-state index contributed by atoms with van der Waals surface area (Å²) in [5.74, 6) is -7.36. The first kappa shape index (κ1) is 13.1. The smallest absolute Gasteiger partial charge is 0.255 e. The van der Waals surface area contributed by atoms with Gasteiger partial charge in [0.25, 0.3) is 11.9 Å². The second-order valence-electron chi connectivity index (χ2n) is 4.47. The van der Waals surface area contributed by atoms with E-state index in [2.05, 4.69) is 4.98 Å². The van der Waals surface area contributed by atoms with E-state index in [-0.39, 0.29) is 12.5 Å². The number of ether oxygens (including phenoxy) is 1. The van der Waals surface area contributed by atoms with Crippen LogP contribution in [0.4, 0.5) is 17.6 Å². The van der Waals surface area contributed by atoms with Crippen molar-refractivity contribution in [3.05, 3.63) is 23.5 Å². The fourth-order valence-electron chi connectivity index (χ4n) is 2.15. The van der Waals surface area contributed by atoms with E-state index in [1.165, 1.54) is 0 Å². The van der Waals surface area contributed by atoms with E-state index >= 15 is 0 Å². The zero-order valence-corrected chi connectivity index (χ0v) is 9.69. The first-order valence-corrected chi connectivity index (χ1v) is 5.92. The van der Waals surface area contributed by atoms with Gasteiger partial charge >= 0.3 is 0 Å². The molecule has 2 nitrogen and oxygen atoms in total. The van der Waals surface area contributed by atoms with E-state index in [1.807, 2.05) is 0 Å². The molecule has 0 amide bonds. The van der Waals surface area contributed by atoms with Gasteiger partial charge in [0, 0.05) is 0 Å². The second-order valence-corrected chi connectivity index (χ2v) is 4.47. The molecule has 0 aromatic carbocycles. The lowest BCUT2D eigenvalue weighted by molar-refractivity contribution is 0.189. The number of nitrogens with zero attached hydrogens (tertiary/aromatic N) is 1. The van der Waals surface area contributed by atoms with Crippen LogP contribution in [0.5, 0.6) is 5.75 Å². The summed E-state index contributed by atoms with van der Waals surface area (Å²) in [6, 6.07) is 0. The highest BCUT2D eigenvalue weighted by molar-refractivity contribution is 5.24. The lowest BCUT2D eigenvalue weighted by Crippen LogP contribution is -2.17. The van der Waals surface area contributed by atoms with Gasteiger partial charge in [0.15, 0.2) is 5.75 Å². The van der Waals surface area contributed by atoms with Gasteiger partial charge in [0.1, 0.15) is 0 Å². The van der Waals surface area contributed by atoms with Crippen molar-refractivity contribution in [1.29, 1.82) is 0 Å². The molecule has 0 atom stereocenters. The molecule has 0 radical (unpaired) electrons. The number of pyridine rings is 1. The van der Waals surface area contributed by atoms with Gasteiger partial charge in [-0.05, 0) is 18.8 Å². The summed E-state index contributed by atoms with van der Waals surface area (Å²) in [6.45, 7) is 0.0662. The molecule has 1 fully saturated rings. The van der Waals surface area contributed by atoms with Gasteiger partial charge in [-0.25, -0.2) is 0 Å². The number of rotatable bonds is 3. The molecule has 0 spiro atoms. The van der Waals surface area contributed by atoms with Crippen LogP contribution in [0, 0.1) is 29.4 Å². The zero-order valence-electron chi connectivity index (χ0n) is 9.69. The van der Waals surface area contributed by atoms with Gasteiger partial charge in [-0.2, -0.15) is 22.5 Å². The normalized spacial score (nSPS) is 16.9. The standard InChI is InChI=1S/C12H13F4NO/c13-8-10(9(14)12(16)17-11(8)15)18-6-7-4-2-1-3-5-7/h7H,1-6H2. The molecular weight excluding hydrogens is 250 g/mol. The van der Waals surface area contributed by atoms with Gasteiger partial charge in [-0.3, -0.25) is 0 Å². The monoisotopic (exact) mass is 263 g/mol. The van der Waals surface area contributed by atoms with Crippen molar-refractivity contribution in [3.63, 3.8) is 0 Å². The molecule has 1 aliphatic rings. The van der Waals surface area contributed by atoms with E-state index in [1.54, 1.807) is 0 Å². The van der Waals surface area contributed by atoms with Crippen molar-refractivity contribution in [1.82, 2.24) is 4.98 Å². The lowest BCUT2D eigenvalue weighted by Gasteiger charge is -2.21. The molecule has 6 heteroatoms. The molecule has 0 aliphatic heterocycles. The summed E-state index contributed by atoms with van der Waals surface area (Å²) in [5, 5.41) is 0. The summed E-state index contributed by atoms with van der Waals surface area (Å²) in [5.41, 5.74) is 0. The minimum atomic E-state index is -1.69. The quantitative estimate of drug-likeness (QED) is 0.614. The number of aromatic nitrogens is 1. The molecule has 1 heterocycles. The molecule has 1 aromatic heterocycles. The zero-order chi connectivity index (χ0) is 13.1. The summed E-state index contributed by atoms with van der Waals surface area (Å²) >= 11 is 0. The third-order valence-electron chi connectivity index (χ3n) is 3.15. The lowest BCUT2D eigenvalue weighted by atomic mass is 9.90. The van der Waals surface area contributed by atoms with Crippen LogP contribution >= 0.6 is 0 Å². The van der Waals surface area contributed by atoms with E-state index < -0.39 is 29.3 Å². The van der Waals surface area contributed by atoms with Crippen LogP contribution in [0.1, 0.15) is 32.1 Å². The molecule has 0 unspecified atom stereocenters. The van der Waals surface area contributed by atoms with Crippen molar-refractivity contribution < 1.29 is 22.3 Å². The van der Waals surface area contributed by atoms with Gasteiger partial charge < -0.3 is 4.74 Å². The molecule has 1 aromatic rings. The SMILES string of the molecule is Fc1nc(F)c(F)c(OCC2CCCCC2)c1F. The van der Waals surface area contributed by atoms with Crippen molar-refractivity contribution in [2.45, 2.75) is 32.1 Å². The van der Waals surface area contributed by atoms with Crippen molar-refractivity contribution in [2.75, 3.05) is 6.61 Å². The van der Waals surface area contributed by atoms with E-state index in [4.69, 9.17) is 4.74 Å². The summed E-state index contributed by atoms with van der Waals surface area (Å²) < 4.78 is 57.0. The molecule has 1 aliphatic carbocycles. The van der Waals surface area contributed by atoms with Crippen molar-refractivity contribution in [3.8, 4) is 5.75 Å². The van der Waals surface area contributed by atoms with E-state index in [0.29, 0.717) is 0 Å². The van der Waals surface area contributed by atoms with Gasteiger partial charge in [0.2, 0.25) is 11.6 Å². The molecule has 0 N–H and O–H groups in total. The third-order valence-corrected chi connectivity index (χ3v) is 3.15. The van der Waals surface area contributed by atoms with Gasteiger partial charge in [-0.15, -0.1) is 0 Å². The second kappa shape index (κ2) is 5.54. The topological polar surface area (TPSA) is 22.1 Å². The first-order chi connectivity index (χ1) is 8.59. The highest BCUT2D eigenvalue weighted by Gasteiger charge is 2.23. The van der Waals surface area contributed by atoms with Gasteiger partial charge in [0.05, 0.1) is 6.61 Å². The van der Waals surface area contributed by atoms with Crippen molar-refractivity contribution in [2.24, 2.45) is 5.92 Å². The molecule has 18 heavy (non-hydrogen) atoms. The molecule has 1 saturated carbocycles. The van der Waals surface area contributed by atoms with Crippen LogP contribution in [0.3, 0.4) is 0 Å².